The van der Waals surface area contributed by atoms with E-state index in [9.17, 15) is 4.79 Å². The maximum Gasteiger partial charge on any atom is 0.223 e. The highest BCUT2D eigenvalue weighted by atomic mass is 35.5. The van der Waals surface area contributed by atoms with Gasteiger partial charge in [0.05, 0.1) is 7.11 Å². The van der Waals surface area contributed by atoms with E-state index in [4.69, 9.17) is 4.74 Å². The van der Waals surface area contributed by atoms with Crippen LogP contribution in [-0.2, 0) is 11.3 Å². The molecule has 1 aromatic rings. The Labute approximate surface area is 175 Å². The number of hydrogen-bond acceptors (Lipinski definition) is 4. The Balaban J connectivity index is 0.00000182. The first-order chi connectivity index (χ1) is 12.2. The fourth-order valence-corrected chi connectivity index (χ4v) is 3.62. The van der Waals surface area contributed by atoms with Gasteiger partial charge in [0.1, 0.15) is 5.75 Å². The van der Waals surface area contributed by atoms with Gasteiger partial charge in [-0.3, -0.25) is 9.69 Å². The molecule has 1 amide bonds. The fraction of sp³-hybridized carbons (Fsp3) is 0.650. The molecule has 2 saturated heterocycles. The van der Waals surface area contributed by atoms with Gasteiger partial charge in [0, 0.05) is 19.0 Å². The zero-order chi connectivity index (χ0) is 17.6. The second-order valence-corrected chi connectivity index (χ2v) is 7.52. The second kappa shape index (κ2) is 11.7. The molecule has 1 unspecified atom stereocenters. The number of hydrogen-bond donors (Lipinski definition) is 2. The Bertz CT molecular complexity index is 559. The van der Waals surface area contributed by atoms with Crippen LogP contribution >= 0.6 is 24.8 Å². The summed E-state index contributed by atoms with van der Waals surface area (Å²) in [4.78, 5) is 14.7. The number of piperidine rings is 1. The number of nitrogens with one attached hydrogen (secondary N) is 2. The summed E-state index contributed by atoms with van der Waals surface area (Å²) in [5.41, 5.74) is 1.33. The van der Waals surface area contributed by atoms with Crippen LogP contribution in [-0.4, -0.2) is 50.6 Å². The molecule has 154 valence electrons. The number of methoxy groups -OCH3 is 1. The summed E-state index contributed by atoms with van der Waals surface area (Å²) in [7, 11) is 1.70. The van der Waals surface area contributed by atoms with Crippen molar-refractivity contribution in [2.24, 2.45) is 17.8 Å². The normalized spacial score (nSPS) is 19.2. The van der Waals surface area contributed by atoms with Gasteiger partial charge in [-0.1, -0.05) is 19.1 Å². The van der Waals surface area contributed by atoms with E-state index in [0.29, 0.717) is 11.8 Å². The molecule has 2 aliphatic heterocycles. The van der Waals surface area contributed by atoms with Gasteiger partial charge in [0.15, 0.2) is 0 Å². The second-order valence-electron chi connectivity index (χ2n) is 7.52. The lowest BCUT2D eigenvalue weighted by Crippen LogP contribution is -2.50. The van der Waals surface area contributed by atoms with E-state index < -0.39 is 0 Å². The molecule has 3 rings (SSSR count). The van der Waals surface area contributed by atoms with Crippen LogP contribution in [0.25, 0.3) is 0 Å². The van der Waals surface area contributed by atoms with Crippen LogP contribution in [0.5, 0.6) is 5.75 Å². The summed E-state index contributed by atoms with van der Waals surface area (Å²) in [5.74, 6) is 2.41. The minimum absolute atomic E-state index is 0. The third kappa shape index (κ3) is 6.83. The third-order valence-corrected chi connectivity index (χ3v) is 5.77. The van der Waals surface area contributed by atoms with Crippen LogP contribution in [0.1, 0.15) is 25.3 Å². The van der Waals surface area contributed by atoms with Crippen LogP contribution in [0, 0.1) is 17.8 Å². The minimum atomic E-state index is 0. The van der Waals surface area contributed by atoms with Gasteiger partial charge >= 0.3 is 0 Å². The van der Waals surface area contributed by atoms with Crippen LogP contribution in [0.3, 0.4) is 0 Å². The van der Waals surface area contributed by atoms with E-state index in [1.807, 2.05) is 12.1 Å². The molecule has 2 N–H and O–H groups in total. The number of halogens is 2. The molecule has 27 heavy (non-hydrogen) atoms. The van der Waals surface area contributed by atoms with Crippen LogP contribution in [0.15, 0.2) is 24.3 Å². The van der Waals surface area contributed by atoms with Crippen molar-refractivity contribution in [1.82, 2.24) is 15.5 Å². The Kier molecular flexibility index (Phi) is 10.5. The van der Waals surface area contributed by atoms with Crippen molar-refractivity contribution in [3.63, 3.8) is 0 Å². The highest BCUT2D eigenvalue weighted by Crippen LogP contribution is 2.20. The Morgan fingerprint density at radius 1 is 1.22 bits per heavy atom. The fourth-order valence-electron chi connectivity index (χ4n) is 3.62. The molecule has 0 spiro atoms. The molecule has 0 saturated carbocycles. The van der Waals surface area contributed by atoms with Crippen LogP contribution in [0.2, 0.25) is 0 Å². The predicted molar refractivity (Wildman–Crippen MR) is 114 cm³/mol. The van der Waals surface area contributed by atoms with Crippen molar-refractivity contribution in [3.05, 3.63) is 29.8 Å². The SMILES string of the molecule is COc1ccc(CN2CCC(CNC(=O)C(C)C3CNC3)CC2)cc1.Cl.Cl. The van der Waals surface area contributed by atoms with Gasteiger partial charge in [-0.2, -0.15) is 0 Å². The van der Waals surface area contributed by atoms with Crippen molar-refractivity contribution in [3.8, 4) is 5.75 Å². The standard InChI is InChI=1S/C20H31N3O2.2ClH/c1-15(18-12-21-13-18)20(24)22-11-16-7-9-23(10-8-16)14-17-3-5-19(25-2)6-4-17;;/h3-6,15-16,18,21H,7-14H2,1-2H3,(H,22,24);2*1H. The number of amides is 1. The summed E-state index contributed by atoms with van der Waals surface area (Å²) >= 11 is 0. The van der Waals surface area contributed by atoms with Gasteiger partial charge in [0.25, 0.3) is 0 Å². The Morgan fingerprint density at radius 2 is 1.85 bits per heavy atom. The molecule has 1 aromatic carbocycles. The topological polar surface area (TPSA) is 53.6 Å². The third-order valence-electron chi connectivity index (χ3n) is 5.77. The molecule has 0 aliphatic carbocycles. The first kappa shape index (κ1) is 24.0. The maximum absolute atomic E-state index is 12.2. The maximum atomic E-state index is 12.2. The largest absolute Gasteiger partial charge is 0.497 e. The number of carbonyl (C=O) groups excluding carboxylic acids is 1. The van der Waals surface area contributed by atoms with Crippen LogP contribution < -0.4 is 15.4 Å². The molecule has 2 heterocycles. The molecule has 0 aromatic heterocycles. The molecule has 7 heteroatoms. The van der Waals surface area contributed by atoms with E-state index in [0.717, 1.165) is 57.9 Å². The average Bonchev–Trinajstić information content (AvgIpc) is 2.60. The summed E-state index contributed by atoms with van der Waals surface area (Å²) < 4.78 is 5.21. The molecular weight excluding hydrogens is 385 g/mol. The molecule has 0 radical (unpaired) electrons. The number of rotatable bonds is 7. The van der Waals surface area contributed by atoms with Gasteiger partial charge in [0.2, 0.25) is 5.91 Å². The summed E-state index contributed by atoms with van der Waals surface area (Å²) in [6, 6.07) is 8.33. The predicted octanol–water partition coefficient (Wildman–Crippen LogP) is 2.72. The Hall–Kier alpha value is -1.01. The van der Waals surface area contributed by atoms with Crippen molar-refractivity contribution in [1.29, 1.82) is 0 Å². The van der Waals surface area contributed by atoms with E-state index in [-0.39, 0.29) is 36.6 Å². The van der Waals surface area contributed by atoms with Gasteiger partial charge in [-0.05, 0) is 68.6 Å². The van der Waals surface area contributed by atoms with E-state index >= 15 is 0 Å². The van der Waals surface area contributed by atoms with E-state index in [2.05, 4.69) is 34.6 Å². The quantitative estimate of drug-likeness (QED) is 0.715. The number of benzene rings is 1. The van der Waals surface area contributed by atoms with E-state index in [1.54, 1.807) is 7.11 Å². The molecular formula is C20H33Cl2N3O2. The van der Waals surface area contributed by atoms with E-state index in [1.165, 1.54) is 5.56 Å². The highest BCUT2D eigenvalue weighted by Gasteiger charge is 2.29. The monoisotopic (exact) mass is 417 g/mol. The molecule has 0 bridgehead atoms. The van der Waals surface area contributed by atoms with Crippen molar-refractivity contribution >= 4 is 30.7 Å². The lowest BCUT2D eigenvalue weighted by atomic mass is 9.88. The van der Waals surface area contributed by atoms with Crippen molar-refractivity contribution in [2.75, 3.05) is 39.8 Å². The molecule has 2 aliphatic rings. The average molecular weight is 418 g/mol. The van der Waals surface area contributed by atoms with Crippen molar-refractivity contribution < 1.29 is 9.53 Å². The first-order valence-electron chi connectivity index (χ1n) is 9.49. The number of likely N-dealkylation sites (tertiary alicyclic amines) is 1. The number of ether oxygens (including phenoxy) is 1. The Morgan fingerprint density at radius 3 is 2.37 bits per heavy atom. The zero-order valence-electron chi connectivity index (χ0n) is 16.3. The molecule has 1 atom stereocenters. The first-order valence-corrected chi connectivity index (χ1v) is 9.49. The van der Waals surface area contributed by atoms with Gasteiger partial charge in [-0.15, -0.1) is 24.8 Å². The smallest absolute Gasteiger partial charge is 0.223 e. The summed E-state index contributed by atoms with van der Waals surface area (Å²) in [6.07, 6.45) is 2.32. The zero-order valence-corrected chi connectivity index (χ0v) is 17.9. The van der Waals surface area contributed by atoms with Gasteiger partial charge < -0.3 is 15.4 Å². The number of nitrogens with zero attached hydrogens (tertiary/aromatic N) is 1. The summed E-state index contributed by atoms with van der Waals surface area (Å²) in [6.45, 7) is 8.06. The lowest BCUT2D eigenvalue weighted by Gasteiger charge is -2.34. The molecule has 5 nitrogen and oxygen atoms in total. The number of carbonyl (C=O) groups is 1. The van der Waals surface area contributed by atoms with Crippen LogP contribution in [0.4, 0.5) is 0 Å². The van der Waals surface area contributed by atoms with Gasteiger partial charge in [-0.25, -0.2) is 0 Å². The lowest BCUT2D eigenvalue weighted by molar-refractivity contribution is -0.126. The summed E-state index contributed by atoms with van der Waals surface area (Å²) in [5, 5.41) is 6.42. The molecule has 2 fully saturated rings. The van der Waals surface area contributed by atoms with Crippen molar-refractivity contribution in [2.45, 2.75) is 26.3 Å². The highest BCUT2D eigenvalue weighted by molar-refractivity contribution is 5.85. The minimum Gasteiger partial charge on any atom is -0.497 e.